The SMILES string of the molecule is C=C(CN1CCS(=O)(=O)CC1)C(=O)NCC(NC(=O)CCC(C)=Nc1ccc(CC)cc1C)C1CCOCC1. The van der Waals surface area contributed by atoms with Gasteiger partial charge in [-0.3, -0.25) is 19.5 Å². The zero-order chi connectivity index (χ0) is 28.4. The number of sulfone groups is 1. The Kier molecular flexibility index (Phi) is 11.7. The zero-order valence-electron chi connectivity index (χ0n) is 23.6. The summed E-state index contributed by atoms with van der Waals surface area (Å²) in [6, 6.07) is 6.06. The van der Waals surface area contributed by atoms with Crippen molar-refractivity contribution in [2.45, 2.75) is 58.9 Å². The highest BCUT2D eigenvalue weighted by Crippen LogP contribution is 2.22. The van der Waals surface area contributed by atoms with Gasteiger partial charge in [-0.2, -0.15) is 0 Å². The molecule has 10 heteroatoms. The predicted molar refractivity (Wildman–Crippen MR) is 155 cm³/mol. The van der Waals surface area contributed by atoms with Crippen LogP contribution < -0.4 is 10.6 Å². The van der Waals surface area contributed by atoms with Crippen molar-refractivity contribution in [2.75, 3.05) is 50.9 Å². The molecule has 9 nitrogen and oxygen atoms in total. The molecule has 0 spiro atoms. The second-order valence-corrected chi connectivity index (χ2v) is 13.0. The molecule has 2 aliphatic heterocycles. The fraction of sp³-hybridized carbons (Fsp3) is 0.621. The van der Waals surface area contributed by atoms with E-state index in [1.54, 1.807) is 0 Å². The van der Waals surface area contributed by atoms with E-state index in [4.69, 9.17) is 9.73 Å². The number of ether oxygens (including phenoxy) is 1. The van der Waals surface area contributed by atoms with E-state index in [2.05, 4.69) is 43.2 Å². The summed E-state index contributed by atoms with van der Waals surface area (Å²) in [5.74, 6) is 0.0746. The van der Waals surface area contributed by atoms with Crippen molar-refractivity contribution >= 4 is 33.1 Å². The van der Waals surface area contributed by atoms with Gasteiger partial charge in [0.2, 0.25) is 11.8 Å². The highest BCUT2D eigenvalue weighted by molar-refractivity contribution is 7.91. The third kappa shape index (κ3) is 10.2. The van der Waals surface area contributed by atoms with Crippen molar-refractivity contribution in [1.29, 1.82) is 0 Å². The fourth-order valence-electron chi connectivity index (χ4n) is 4.93. The quantitative estimate of drug-likeness (QED) is 0.300. The molecule has 0 bridgehead atoms. The molecule has 1 aromatic rings. The summed E-state index contributed by atoms with van der Waals surface area (Å²) in [4.78, 5) is 32.3. The molecule has 0 aliphatic carbocycles. The Morgan fingerprint density at radius 2 is 1.87 bits per heavy atom. The summed E-state index contributed by atoms with van der Waals surface area (Å²) >= 11 is 0. The average molecular weight is 561 g/mol. The number of nitrogens with one attached hydrogen (secondary N) is 2. The highest BCUT2D eigenvalue weighted by atomic mass is 32.2. The Labute approximate surface area is 233 Å². The molecular formula is C29H44N4O5S. The van der Waals surface area contributed by atoms with E-state index in [1.165, 1.54) is 5.56 Å². The number of benzene rings is 1. The number of amides is 2. The van der Waals surface area contributed by atoms with Crippen molar-refractivity contribution in [3.63, 3.8) is 0 Å². The molecule has 2 amide bonds. The van der Waals surface area contributed by atoms with E-state index >= 15 is 0 Å². The van der Waals surface area contributed by atoms with Gasteiger partial charge in [-0.1, -0.05) is 25.6 Å². The second kappa shape index (κ2) is 14.7. The van der Waals surface area contributed by atoms with Gasteiger partial charge in [-0.15, -0.1) is 0 Å². The van der Waals surface area contributed by atoms with E-state index in [9.17, 15) is 18.0 Å². The van der Waals surface area contributed by atoms with Crippen molar-refractivity contribution in [2.24, 2.45) is 10.9 Å². The van der Waals surface area contributed by atoms with Gasteiger partial charge in [0.25, 0.3) is 0 Å². The van der Waals surface area contributed by atoms with Crippen LogP contribution in [0, 0.1) is 12.8 Å². The van der Waals surface area contributed by atoms with Crippen molar-refractivity contribution < 1.29 is 22.7 Å². The Hall–Kier alpha value is -2.56. The maximum absolute atomic E-state index is 12.9. The number of carbonyl (C=O) groups excluding carboxylic acids is 2. The molecule has 1 atom stereocenters. The van der Waals surface area contributed by atoms with E-state index in [0.29, 0.717) is 57.8 Å². The maximum Gasteiger partial charge on any atom is 0.247 e. The molecule has 2 saturated heterocycles. The third-order valence-electron chi connectivity index (χ3n) is 7.53. The molecule has 1 aromatic carbocycles. The molecule has 2 aliphatic rings. The lowest BCUT2D eigenvalue weighted by Gasteiger charge is -2.31. The summed E-state index contributed by atoms with van der Waals surface area (Å²) in [5.41, 5.74) is 4.62. The monoisotopic (exact) mass is 560 g/mol. The lowest BCUT2D eigenvalue weighted by Crippen LogP contribution is -2.50. The van der Waals surface area contributed by atoms with Gasteiger partial charge in [0.05, 0.1) is 17.2 Å². The van der Waals surface area contributed by atoms with Gasteiger partial charge in [0.1, 0.15) is 0 Å². The maximum atomic E-state index is 12.9. The standard InChI is InChI=1S/C29H44N4O5S/c1-5-24-7-8-26(21(2)18-24)31-23(4)6-9-28(34)32-27(25-10-14-38-15-11-25)19-30-29(35)22(3)20-33-12-16-39(36,37)17-13-33/h7-8,18,25,27H,3,5-6,9-17,19-20H2,1-2,4H3,(H,30,35)(H,32,34). The van der Waals surface area contributed by atoms with Crippen LogP contribution in [0.25, 0.3) is 0 Å². The number of hydrogen-bond acceptors (Lipinski definition) is 7. The van der Waals surface area contributed by atoms with E-state index in [0.717, 1.165) is 36.2 Å². The normalized spacial score (nSPS) is 19.3. The average Bonchev–Trinajstić information content (AvgIpc) is 2.92. The first kappa shape index (κ1) is 31.0. The summed E-state index contributed by atoms with van der Waals surface area (Å²) < 4.78 is 28.8. The third-order valence-corrected chi connectivity index (χ3v) is 9.14. The summed E-state index contributed by atoms with van der Waals surface area (Å²) in [7, 11) is -2.98. The molecular weight excluding hydrogens is 516 g/mol. The van der Waals surface area contributed by atoms with E-state index < -0.39 is 9.84 Å². The molecule has 0 aromatic heterocycles. The van der Waals surface area contributed by atoms with Crippen LogP contribution in [0.1, 0.15) is 50.7 Å². The van der Waals surface area contributed by atoms with Crippen molar-refractivity contribution in [1.82, 2.24) is 15.5 Å². The van der Waals surface area contributed by atoms with Crippen LogP contribution in [-0.4, -0.2) is 87.8 Å². The van der Waals surface area contributed by atoms with Crippen LogP contribution in [0.3, 0.4) is 0 Å². The number of nitrogens with zero attached hydrogens (tertiary/aromatic N) is 2. The van der Waals surface area contributed by atoms with Crippen LogP contribution in [0.5, 0.6) is 0 Å². The number of hydrogen-bond donors (Lipinski definition) is 2. The molecule has 3 rings (SSSR count). The Bertz CT molecular complexity index is 1140. The van der Waals surface area contributed by atoms with E-state index in [-0.39, 0.29) is 35.3 Å². The topological polar surface area (TPSA) is 117 Å². The Morgan fingerprint density at radius 3 is 2.51 bits per heavy atom. The Morgan fingerprint density at radius 1 is 1.18 bits per heavy atom. The van der Waals surface area contributed by atoms with Crippen molar-refractivity contribution in [3.8, 4) is 0 Å². The lowest BCUT2D eigenvalue weighted by molar-refractivity contribution is -0.123. The highest BCUT2D eigenvalue weighted by Gasteiger charge is 2.27. The molecule has 2 N–H and O–H groups in total. The van der Waals surface area contributed by atoms with Crippen LogP contribution in [0.4, 0.5) is 5.69 Å². The first-order chi connectivity index (χ1) is 18.6. The first-order valence-electron chi connectivity index (χ1n) is 14.0. The minimum absolute atomic E-state index is 0.0679. The summed E-state index contributed by atoms with van der Waals surface area (Å²) in [5, 5.41) is 6.09. The fourth-order valence-corrected chi connectivity index (χ4v) is 6.21. The summed E-state index contributed by atoms with van der Waals surface area (Å²) in [6.07, 6.45) is 3.49. The number of aliphatic imine (C=N–C) groups is 1. The van der Waals surface area contributed by atoms with E-state index in [1.807, 2.05) is 17.9 Å². The van der Waals surface area contributed by atoms with Gasteiger partial charge < -0.3 is 15.4 Å². The molecule has 0 radical (unpaired) electrons. The summed E-state index contributed by atoms with van der Waals surface area (Å²) in [6.45, 7) is 12.8. The predicted octanol–water partition coefficient (Wildman–Crippen LogP) is 2.74. The Balaban J connectivity index is 1.51. The number of carbonyl (C=O) groups is 2. The molecule has 216 valence electrons. The zero-order valence-corrected chi connectivity index (χ0v) is 24.4. The van der Waals surface area contributed by atoms with Crippen LogP contribution in [0.15, 0.2) is 35.3 Å². The lowest BCUT2D eigenvalue weighted by atomic mass is 9.91. The number of aryl methyl sites for hydroxylation is 2. The van der Waals surface area contributed by atoms with Gasteiger partial charge in [-0.25, -0.2) is 8.42 Å². The van der Waals surface area contributed by atoms with Crippen LogP contribution in [-0.2, 0) is 30.6 Å². The van der Waals surface area contributed by atoms with Gasteiger partial charge in [0.15, 0.2) is 9.84 Å². The van der Waals surface area contributed by atoms with Crippen LogP contribution >= 0.6 is 0 Å². The molecule has 1 unspecified atom stereocenters. The van der Waals surface area contributed by atoms with Gasteiger partial charge in [0, 0.05) is 63.1 Å². The molecule has 2 fully saturated rings. The first-order valence-corrected chi connectivity index (χ1v) is 15.8. The second-order valence-electron chi connectivity index (χ2n) is 10.7. The molecule has 0 saturated carbocycles. The smallest absolute Gasteiger partial charge is 0.247 e. The molecule has 39 heavy (non-hydrogen) atoms. The van der Waals surface area contributed by atoms with Gasteiger partial charge in [-0.05, 0) is 62.6 Å². The van der Waals surface area contributed by atoms with Gasteiger partial charge >= 0.3 is 0 Å². The van der Waals surface area contributed by atoms with Crippen LogP contribution in [0.2, 0.25) is 0 Å². The number of rotatable bonds is 12. The largest absolute Gasteiger partial charge is 0.381 e. The van der Waals surface area contributed by atoms with Crippen molar-refractivity contribution in [3.05, 3.63) is 41.5 Å². The molecule has 2 heterocycles. The minimum atomic E-state index is -2.98. The minimum Gasteiger partial charge on any atom is -0.381 e.